The third-order valence-electron chi connectivity index (χ3n) is 10.5. The first kappa shape index (κ1) is 20.3. The molecule has 0 amide bonds. The Kier molecular flexibility index (Phi) is 5.26. The zero-order valence-electron chi connectivity index (χ0n) is 18.8. The summed E-state index contributed by atoms with van der Waals surface area (Å²) in [4.78, 5) is 5.97. The fourth-order valence-electron chi connectivity index (χ4n) is 8.80. The molecule has 4 heteroatoms. The lowest BCUT2D eigenvalue weighted by molar-refractivity contribution is -0.121. The van der Waals surface area contributed by atoms with E-state index >= 15 is 0 Å². The average Bonchev–Trinajstić information content (AvgIpc) is 3.34. The fraction of sp³-hybridized carbons (Fsp3) is 0.960. The number of aliphatic hydroxyl groups is 1. The van der Waals surface area contributed by atoms with Crippen LogP contribution in [0.25, 0.3) is 0 Å². The quantitative estimate of drug-likeness (QED) is 0.669. The predicted molar refractivity (Wildman–Crippen MR) is 117 cm³/mol. The molecule has 1 aliphatic heterocycles. The monoisotopic (exact) mass is 402 g/mol. The van der Waals surface area contributed by atoms with Crippen molar-refractivity contribution in [2.75, 3.05) is 13.1 Å². The zero-order valence-corrected chi connectivity index (χ0v) is 18.8. The van der Waals surface area contributed by atoms with Gasteiger partial charge in [0.1, 0.15) is 6.10 Å². The molecule has 0 spiro atoms. The van der Waals surface area contributed by atoms with Crippen molar-refractivity contribution >= 4 is 5.71 Å². The first-order valence-corrected chi connectivity index (χ1v) is 12.6. The van der Waals surface area contributed by atoms with E-state index < -0.39 is 0 Å². The molecule has 164 valence electrons. The molecule has 0 bridgehead atoms. The summed E-state index contributed by atoms with van der Waals surface area (Å²) < 4.78 is 0. The number of aliphatic hydroxyl groups excluding tert-OH is 1. The van der Waals surface area contributed by atoms with Gasteiger partial charge in [0.05, 0.1) is 11.8 Å². The Hall–Kier alpha value is -0.610. The van der Waals surface area contributed by atoms with Gasteiger partial charge in [-0.1, -0.05) is 25.9 Å². The van der Waals surface area contributed by atoms with Gasteiger partial charge >= 0.3 is 0 Å². The molecule has 9 atom stereocenters. The molecule has 29 heavy (non-hydrogen) atoms. The molecule has 1 unspecified atom stereocenters. The molecule has 4 aliphatic carbocycles. The van der Waals surface area contributed by atoms with Crippen LogP contribution < -0.4 is 5.32 Å². The summed E-state index contributed by atoms with van der Waals surface area (Å²) in [5, 5.41) is 18.8. The standard InChI is InChI=1S/C25H42N2O2/c1-4-17-19-6-5-18-20-7-8-23(28)25(20,3)12-9-21(18)24(19,2)13-10-22(17)27-29-16-11-14-26-15-16/h16-21,23,26,28H,4-15H2,1-3H3/b27-22+/t16-,17+,18+,19?,20+,21+,23+,24+,25+/m1/s1. The van der Waals surface area contributed by atoms with E-state index in [-0.39, 0.29) is 17.6 Å². The molecule has 5 aliphatic rings. The number of hydrogen-bond donors (Lipinski definition) is 2. The van der Waals surface area contributed by atoms with Gasteiger partial charge in [0.15, 0.2) is 0 Å². The van der Waals surface area contributed by atoms with Gasteiger partial charge in [-0.25, -0.2) is 0 Å². The van der Waals surface area contributed by atoms with Crippen molar-refractivity contribution in [2.45, 2.75) is 97.2 Å². The van der Waals surface area contributed by atoms with E-state index in [0.29, 0.717) is 11.3 Å². The maximum Gasteiger partial charge on any atom is 0.141 e. The highest BCUT2D eigenvalue weighted by Gasteiger charge is 2.61. The Morgan fingerprint density at radius 3 is 2.55 bits per heavy atom. The minimum atomic E-state index is -0.0605. The topological polar surface area (TPSA) is 53.8 Å². The van der Waals surface area contributed by atoms with Crippen LogP contribution >= 0.6 is 0 Å². The van der Waals surface area contributed by atoms with Crippen LogP contribution in [-0.4, -0.2) is 36.1 Å². The molecule has 5 rings (SSSR count). The normalized spacial score (nSPS) is 53.4. The molecule has 4 saturated carbocycles. The summed E-state index contributed by atoms with van der Waals surface area (Å²) in [7, 11) is 0. The van der Waals surface area contributed by atoms with E-state index in [2.05, 4.69) is 26.1 Å². The Bertz CT molecular complexity index is 645. The molecule has 2 N–H and O–H groups in total. The Balaban J connectivity index is 1.36. The van der Waals surface area contributed by atoms with Crippen LogP contribution in [0.5, 0.6) is 0 Å². The number of hydrogen-bond acceptors (Lipinski definition) is 4. The van der Waals surface area contributed by atoms with Gasteiger partial charge in [-0.3, -0.25) is 0 Å². The maximum atomic E-state index is 10.7. The molecule has 5 fully saturated rings. The van der Waals surface area contributed by atoms with Gasteiger partial charge in [-0.2, -0.15) is 0 Å². The molecule has 0 aromatic heterocycles. The zero-order chi connectivity index (χ0) is 20.2. The number of nitrogens with zero attached hydrogens (tertiary/aromatic N) is 1. The van der Waals surface area contributed by atoms with Gasteiger partial charge in [0.2, 0.25) is 0 Å². The largest absolute Gasteiger partial charge is 0.393 e. The van der Waals surface area contributed by atoms with Gasteiger partial charge in [0, 0.05) is 18.9 Å². The fourth-order valence-corrected chi connectivity index (χ4v) is 8.80. The van der Waals surface area contributed by atoms with E-state index in [1.165, 1.54) is 50.7 Å². The van der Waals surface area contributed by atoms with Crippen molar-refractivity contribution in [3.8, 4) is 0 Å². The van der Waals surface area contributed by atoms with Gasteiger partial charge in [0.25, 0.3) is 0 Å². The van der Waals surface area contributed by atoms with Gasteiger partial charge in [-0.05, 0) is 98.8 Å². The lowest BCUT2D eigenvalue weighted by Crippen LogP contribution is -2.56. The maximum absolute atomic E-state index is 10.7. The second-order valence-corrected chi connectivity index (χ2v) is 11.5. The van der Waals surface area contributed by atoms with Crippen LogP contribution in [0.1, 0.15) is 85.0 Å². The van der Waals surface area contributed by atoms with Crippen molar-refractivity contribution in [3.05, 3.63) is 0 Å². The summed E-state index contributed by atoms with van der Waals surface area (Å²) in [5.41, 5.74) is 2.00. The number of oxime groups is 1. The third kappa shape index (κ3) is 3.11. The summed E-state index contributed by atoms with van der Waals surface area (Å²) in [6.07, 6.45) is 12.5. The first-order valence-electron chi connectivity index (χ1n) is 12.6. The minimum absolute atomic E-state index is 0.0605. The Labute approximate surface area is 177 Å². The number of rotatable bonds is 3. The van der Waals surface area contributed by atoms with Crippen molar-refractivity contribution in [1.29, 1.82) is 0 Å². The highest BCUT2D eigenvalue weighted by molar-refractivity contribution is 5.87. The minimum Gasteiger partial charge on any atom is -0.393 e. The second-order valence-electron chi connectivity index (χ2n) is 11.5. The molecule has 0 aromatic rings. The second kappa shape index (κ2) is 7.51. The molecular formula is C25H42N2O2. The van der Waals surface area contributed by atoms with E-state index in [1.54, 1.807) is 0 Å². The SMILES string of the molecule is CC[C@@H]1/C(=N/O[C@@H]2CCNC2)CC[C@@]2(C)C1CC[C@H]1[C@@H]3CC[C@H](O)[C@@]3(C)CC[C@@H]12. The third-order valence-corrected chi connectivity index (χ3v) is 10.5. The first-order chi connectivity index (χ1) is 14.0. The van der Waals surface area contributed by atoms with Crippen LogP contribution in [0.15, 0.2) is 5.16 Å². The lowest BCUT2D eigenvalue weighted by atomic mass is 9.43. The van der Waals surface area contributed by atoms with Gasteiger partial charge in [-0.15, -0.1) is 0 Å². The highest BCUT2D eigenvalue weighted by Crippen LogP contribution is 2.66. The predicted octanol–water partition coefficient (Wildman–Crippen LogP) is 4.76. The van der Waals surface area contributed by atoms with E-state index in [0.717, 1.165) is 56.0 Å². The number of nitrogens with one attached hydrogen (secondary N) is 1. The summed E-state index contributed by atoms with van der Waals surface area (Å²) in [6, 6.07) is 0. The van der Waals surface area contributed by atoms with Crippen molar-refractivity contribution in [2.24, 2.45) is 45.6 Å². The Morgan fingerprint density at radius 2 is 1.79 bits per heavy atom. The molecular weight excluding hydrogens is 360 g/mol. The molecule has 1 heterocycles. The summed E-state index contributed by atoms with van der Waals surface area (Å²) in [6.45, 7) is 9.40. The highest BCUT2D eigenvalue weighted by atomic mass is 16.6. The van der Waals surface area contributed by atoms with Crippen molar-refractivity contribution in [3.63, 3.8) is 0 Å². The summed E-state index contributed by atoms with van der Waals surface area (Å²) in [5.74, 6) is 3.81. The van der Waals surface area contributed by atoms with Crippen LogP contribution in [0.3, 0.4) is 0 Å². The molecule has 4 nitrogen and oxygen atoms in total. The van der Waals surface area contributed by atoms with E-state index in [1.807, 2.05) is 0 Å². The molecule has 1 saturated heterocycles. The lowest BCUT2D eigenvalue weighted by Gasteiger charge is -2.61. The average molecular weight is 403 g/mol. The van der Waals surface area contributed by atoms with E-state index in [4.69, 9.17) is 9.99 Å². The van der Waals surface area contributed by atoms with E-state index in [9.17, 15) is 5.11 Å². The Morgan fingerprint density at radius 1 is 1.00 bits per heavy atom. The smallest absolute Gasteiger partial charge is 0.141 e. The molecule has 0 aromatic carbocycles. The van der Waals surface area contributed by atoms with Crippen molar-refractivity contribution < 1.29 is 9.94 Å². The van der Waals surface area contributed by atoms with Crippen LogP contribution in [0.4, 0.5) is 0 Å². The number of fused-ring (bicyclic) bond motifs is 5. The molecule has 0 radical (unpaired) electrons. The van der Waals surface area contributed by atoms with Crippen LogP contribution in [-0.2, 0) is 4.84 Å². The van der Waals surface area contributed by atoms with Crippen molar-refractivity contribution in [1.82, 2.24) is 5.32 Å². The summed E-state index contributed by atoms with van der Waals surface area (Å²) >= 11 is 0. The van der Waals surface area contributed by atoms with Gasteiger partial charge < -0.3 is 15.3 Å². The van der Waals surface area contributed by atoms with Crippen LogP contribution in [0.2, 0.25) is 0 Å². The van der Waals surface area contributed by atoms with Crippen LogP contribution in [0, 0.1) is 40.4 Å².